The lowest BCUT2D eigenvalue weighted by molar-refractivity contribution is 0.133. The molecule has 0 aromatic carbocycles. The lowest BCUT2D eigenvalue weighted by Gasteiger charge is -2.39. The molecule has 2 aliphatic rings. The number of hydrogen-bond donors (Lipinski definition) is 1. The molecule has 0 saturated carbocycles. The van der Waals surface area contributed by atoms with Crippen molar-refractivity contribution in [1.82, 2.24) is 15.1 Å². The second kappa shape index (κ2) is 3.88. The Hall–Kier alpha value is -0.830. The fourth-order valence-electron chi connectivity index (χ4n) is 3.43. The number of aromatic amines is 1. The number of piperidine rings is 1. The van der Waals surface area contributed by atoms with E-state index in [1.807, 2.05) is 0 Å². The molecule has 1 aromatic heterocycles. The molecule has 0 bridgehead atoms. The van der Waals surface area contributed by atoms with Gasteiger partial charge in [0.2, 0.25) is 0 Å². The summed E-state index contributed by atoms with van der Waals surface area (Å²) < 4.78 is 0. The molecule has 0 unspecified atom stereocenters. The molecule has 1 saturated heterocycles. The molecule has 1 aromatic rings. The Bertz CT molecular complexity index is 383. The summed E-state index contributed by atoms with van der Waals surface area (Å²) in [4.78, 5) is 2.48. The Morgan fingerprint density at radius 1 is 1.38 bits per heavy atom. The molecular weight excluding hydrogens is 198 g/mol. The van der Waals surface area contributed by atoms with Gasteiger partial charge in [0.1, 0.15) is 0 Å². The van der Waals surface area contributed by atoms with Crippen LogP contribution in [-0.2, 0) is 19.3 Å². The van der Waals surface area contributed by atoms with Crippen molar-refractivity contribution in [2.75, 3.05) is 20.1 Å². The molecule has 0 amide bonds. The van der Waals surface area contributed by atoms with E-state index in [1.165, 1.54) is 43.7 Å². The largest absolute Gasteiger partial charge is 0.306 e. The zero-order valence-corrected chi connectivity index (χ0v) is 10.3. The average Bonchev–Trinajstić information content (AvgIpc) is 2.68. The quantitative estimate of drug-likeness (QED) is 0.778. The zero-order valence-electron chi connectivity index (χ0n) is 10.3. The number of nitrogens with zero attached hydrogens (tertiary/aromatic N) is 2. The Labute approximate surface area is 97.2 Å². The topological polar surface area (TPSA) is 31.9 Å². The van der Waals surface area contributed by atoms with E-state index in [0.29, 0.717) is 0 Å². The third-order valence-electron chi connectivity index (χ3n) is 4.40. The van der Waals surface area contributed by atoms with Crippen molar-refractivity contribution in [1.29, 1.82) is 0 Å². The molecule has 0 spiro atoms. The first kappa shape index (κ1) is 10.3. The van der Waals surface area contributed by atoms with E-state index in [0.717, 1.165) is 18.3 Å². The molecule has 2 atom stereocenters. The molecule has 1 fully saturated rings. The number of fused-ring (bicyclic) bond motifs is 2. The highest BCUT2D eigenvalue weighted by molar-refractivity contribution is 5.29. The molecule has 1 aliphatic carbocycles. The maximum absolute atomic E-state index is 4.45. The van der Waals surface area contributed by atoms with Gasteiger partial charge >= 0.3 is 0 Å². The van der Waals surface area contributed by atoms with Gasteiger partial charge in [0.25, 0.3) is 0 Å². The number of nitrogens with one attached hydrogen (secondary N) is 1. The van der Waals surface area contributed by atoms with Crippen LogP contribution in [0.4, 0.5) is 0 Å². The Morgan fingerprint density at radius 3 is 3.06 bits per heavy atom. The minimum absolute atomic E-state index is 0.870. The summed E-state index contributed by atoms with van der Waals surface area (Å²) in [6.45, 7) is 4.75. The minimum atomic E-state index is 0.870. The first-order valence-corrected chi connectivity index (χ1v) is 6.51. The van der Waals surface area contributed by atoms with E-state index in [-0.39, 0.29) is 0 Å². The van der Waals surface area contributed by atoms with Gasteiger partial charge in [0.15, 0.2) is 0 Å². The summed E-state index contributed by atoms with van der Waals surface area (Å²) in [5, 5.41) is 7.71. The normalized spacial score (nSPS) is 29.9. The Balaban J connectivity index is 1.87. The van der Waals surface area contributed by atoms with Crippen LogP contribution in [0.15, 0.2) is 0 Å². The van der Waals surface area contributed by atoms with Crippen LogP contribution in [-0.4, -0.2) is 35.2 Å². The molecule has 3 nitrogen and oxygen atoms in total. The highest BCUT2D eigenvalue weighted by Crippen LogP contribution is 2.35. The van der Waals surface area contributed by atoms with Gasteiger partial charge in [-0.2, -0.15) is 5.10 Å². The molecule has 0 radical (unpaired) electrons. The van der Waals surface area contributed by atoms with Gasteiger partial charge in [0.05, 0.1) is 5.69 Å². The van der Waals surface area contributed by atoms with Crippen molar-refractivity contribution >= 4 is 0 Å². The van der Waals surface area contributed by atoms with E-state index >= 15 is 0 Å². The molecule has 2 heterocycles. The van der Waals surface area contributed by atoms with E-state index in [9.17, 15) is 0 Å². The second-order valence-electron chi connectivity index (χ2n) is 5.46. The predicted octanol–water partition coefficient (Wildman–Crippen LogP) is 1.64. The first-order valence-electron chi connectivity index (χ1n) is 6.51. The number of rotatable bonds is 1. The van der Waals surface area contributed by atoms with Crippen molar-refractivity contribution in [2.45, 2.75) is 32.6 Å². The number of aromatic nitrogens is 2. The summed E-state index contributed by atoms with van der Waals surface area (Å²) in [6, 6.07) is 0. The van der Waals surface area contributed by atoms with Crippen LogP contribution in [0.3, 0.4) is 0 Å². The molecular formula is C13H21N3. The monoisotopic (exact) mass is 219 g/mol. The van der Waals surface area contributed by atoms with Crippen LogP contribution in [0.1, 0.15) is 30.3 Å². The van der Waals surface area contributed by atoms with Gasteiger partial charge < -0.3 is 4.90 Å². The third kappa shape index (κ3) is 1.58. The highest BCUT2D eigenvalue weighted by Gasteiger charge is 2.34. The predicted molar refractivity (Wildman–Crippen MR) is 64.5 cm³/mol. The van der Waals surface area contributed by atoms with E-state index in [1.54, 1.807) is 5.56 Å². The van der Waals surface area contributed by atoms with Gasteiger partial charge in [-0.1, -0.05) is 6.92 Å². The molecule has 3 heteroatoms. The standard InChI is InChI=1S/C13H21N3/c1-3-12-11-6-10-8-16(2)5-4-9(10)7-13(11)15-14-12/h9-10H,3-8H2,1-2H3,(H,14,15)/t9-,10-/m1/s1. The number of likely N-dealkylation sites (tertiary alicyclic amines) is 1. The van der Waals surface area contributed by atoms with Crippen molar-refractivity contribution in [3.8, 4) is 0 Å². The van der Waals surface area contributed by atoms with Crippen LogP contribution in [0, 0.1) is 11.8 Å². The van der Waals surface area contributed by atoms with Crippen LogP contribution in [0.25, 0.3) is 0 Å². The minimum Gasteiger partial charge on any atom is -0.306 e. The smallest absolute Gasteiger partial charge is 0.0654 e. The van der Waals surface area contributed by atoms with Gasteiger partial charge in [-0.05, 0) is 56.7 Å². The van der Waals surface area contributed by atoms with Gasteiger partial charge in [-0.25, -0.2) is 0 Å². The third-order valence-corrected chi connectivity index (χ3v) is 4.40. The lowest BCUT2D eigenvalue weighted by atomic mass is 9.74. The van der Waals surface area contributed by atoms with E-state index in [2.05, 4.69) is 29.1 Å². The number of hydrogen-bond acceptors (Lipinski definition) is 2. The fourth-order valence-corrected chi connectivity index (χ4v) is 3.43. The molecule has 88 valence electrons. The lowest BCUT2D eigenvalue weighted by Crippen LogP contribution is -2.41. The second-order valence-corrected chi connectivity index (χ2v) is 5.46. The maximum atomic E-state index is 4.45. The molecule has 1 aliphatic heterocycles. The average molecular weight is 219 g/mol. The molecule has 16 heavy (non-hydrogen) atoms. The fraction of sp³-hybridized carbons (Fsp3) is 0.769. The maximum Gasteiger partial charge on any atom is 0.0654 e. The highest BCUT2D eigenvalue weighted by atomic mass is 15.1. The summed E-state index contributed by atoms with van der Waals surface area (Å²) >= 11 is 0. The summed E-state index contributed by atoms with van der Waals surface area (Å²) in [5.74, 6) is 1.77. The van der Waals surface area contributed by atoms with E-state index < -0.39 is 0 Å². The van der Waals surface area contributed by atoms with Crippen molar-refractivity contribution < 1.29 is 0 Å². The van der Waals surface area contributed by atoms with Crippen LogP contribution >= 0.6 is 0 Å². The summed E-state index contributed by atoms with van der Waals surface area (Å²) in [5.41, 5.74) is 4.28. The van der Waals surface area contributed by atoms with Gasteiger partial charge in [-0.15, -0.1) is 0 Å². The SMILES string of the molecule is CCc1n[nH]c2c1C[C@@H]1CN(C)CC[C@@H]1C2. The van der Waals surface area contributed by atoms with E-state index in [4.69, 9.17) is 0 Å². The zero-order chi connectivity index (χ0) is 11.1. The molecule has 3 rings (SSSR count). The number of aryl methyl sites for hydroxylation is 1. The first-order chi connectivity index (χ1) is 7.78. The molecule has 1 N–H and O–H groups in total. The Kier molecular flexibility index (Phi) is 2.51. The summed E-state index contributed by atoms with van der Waals surface area (Å²) in [6.07, 6.45) is 4.92. The van der Waals surface area contributed by atoms with Crippen molar-refractivity contribution in [2.24, 2.45) is 11.8 Å². The van der Waals surface area contributed by atoms with Crippen molar-refractivity contribution in [3.05, 3.63) is 17.0 Å². The van der Waals surface area contributed by atoms with Gasteiger partial charge in [-0.3, -0.25) is 5.10 Å². The summed E-state index contributed by atoms with van der Waals surface area (Å²) in [7, 11) is 2.25. The Morgan fingerprint density at radius 2 is 2.25 bits per heavy atom. The van der Waals surface area contributed by atoms with Crippen molar-refractivity contribution in [3.63, 3.8) is 0 Å². The van der Waals surface area contributed by atoms with Crippen LogP contribution in [0.5, 0.6) is 0 Å². The van der Waals surface area contributed by atoms with Gasteiger partial charge in [0, 0.05) is 12.2 Å². The van der Waals surface area contributed by atoms with Crippen LogP contribution in [0.2, 0.25) is 0 Å². The van der Waals surface area contributed by atoms with Crippen LogP contribution < -0.4 is 0 Å². The number of H-pyrrole nitrogens is 1.